The molecule has 0 atom stereocenters. The van der Waals surface area contributed by atoms with Crippen LogP contribution < -0.4 is 5.32 Å². The van der Waals surface area contributed by atoms with Crippen molar-refractivity contribution < 1.29 is 9.21 Å². The minimum absolute atomic E-state index is 0.139. The highest BCUT2D eigenvalue weighted by molar-refractivity contribution is 9.10. The number of aryl methyl sites for hydroxylation is 2. The van der Waals surface area contributed by atoms with E-state index in [-0.39, 0.29) is 11.7 Å². The molecule has 1 amide bonds. The summed E-state index contributed by atoms with van der Waals surface area (Å²) in [6.07, 6.45) is 0. The predicted molar refractivity (Wildman–Crippen MR) is 109 cm³/mol. The molecule has 0 aliphatic rings. The number of carbonyl (C=O) groups excluding carboxylic acids is 1. The van der Waals surface area contributed by atoms with E-state index in [9.17, 15) is 4.79 Å². The maximum atomic E-state index is 12.0. The van der Waals surface area contributed by atoms with Crippen LogP contribution in [-0.4, -0.2) is 31.8 Å². The Hall–Kier alpha value is -1.91. The first-order chi connectivity index (χ1) is 13.0. The lowest BCUT2D eigenvalue weighted by Crippen LogP contribution is -2.13. The number of benzene rings is 1. The highest BCUT2D eigenvalue weighted by Gasteiger charge is 2.11. The first kappa shape index (κ1) is 19.8. The van der Waals surface area contributed by atoms with Gasteiger partial charge in [-0.3, -0.25) is 4.79 Å². The van der Waals surface area contributed by atoms with Crippen molar-refractivity contribution in [2.75, 3.05) is 11.1 Å². The third-order valence-corrected chi connectivity index (χ3v) is 5.37. The van der Waals surface area contributed by atoms with Gasteiger partial charge in [-0.1, -0.05) is 39.5 Å². The second-order valence-electron chi connectivity index (χ2n) is 5.53. The van der Waals surface area contributed by atoms with E-state index in [1.165, 1.54) is 23.5 Å². The molecular weight excluding hydrogens is 450 g/mol. The molecule has 0 unspecified atom stereocenters. The number of halogens is 1. The summed E-state index contributed by atoms with van der Waals surface area (Å²) in [5, 5.41) is 11.8. The van der Waals surface area contributed by atoms with Gasteiger partial charge in [-0.2, -0.15) is 0 Å². The number of rotatable bonds is 7. The molecule has 27 heavy (non-hydrogen) atoms. The SMILES string of the molecule is Cc1cc(C)nc(SCc2nnc(SCC(=O)Nc3ccc(Br)cc3)o2)n1. The molecule has 0 aliphatic carbocycles. The van der Waals surface area contributed by atoms with Crippen LogP contribution in [0, 0.1) is 13.8 Å². The summed E-state index contributed by atoms with van der Waals surface area (Å²) in [5.74, 6) is 0.991. The van der Waals surface area contributed by atoms with E-state index in [1.807, 2.05) is 44.2 Å². The van der Waals surface area contributed by atoms with Crippen molar-refractivity contribution in [1.29, 1.82) is 0 Å². The number of amides is 1. The summed E-state index contributed by atoms with van der Waals surface area (Å²) < 4.78 is 6.52. The third kappa shape index (κ3) is 6.33. The molecular formula is C17H16BrN5O2S2. The highest BCUT2D eigenvalue weighted by Crippen LogP contribution is 2.22. The summed E-state index contributed by atoms with van der Waals surface area (Å²) in [6, 6.07) is 9.30. The third-order valence-electron chi connectivity index (χ3n) is 3.19. The molecule has 2 heterocycles. The van der Waals surface area contributed by atoms with E-state index in [0.29, 0.717) is 22.0 Å². The first-order valence-electron chi connectivity index (χ1n) is 7.93. The molecule has 1 aromatic carbocycles. The lowest BCUT2D eigenvalue weighted by Gasteiger charge is -2.03. The van der Waals surface area contributed by atoms with Gasteiger partial charge in [0.1, 0.15) is 0 Å². The second-order valence-corrected chi connectivity index (χ2v) is 8.31. The van der Waals surface area contributed by atoms with Crippen LogP contribution in [0.4, 0.5) is 5.69 Å². The van der Waals surface area contributed by atoms with E-state index in [0.717, 1.165) is 21.5 Å². The van der Waals surface area contributed by atoms with Crippen LogP contribution in [0.25, 0.3) is 0 Å². The van der Waals surface area contributed by atoms with Crippen molar-refractivity contribution in [3.05, 3.63) is 52.1 Å². The van der Waals surface area contributed by atoms with Gasteiger partial charge in [0.05, 0.1) is 11.5 Å². The molecule has 0 bridgehead atoms. The van der Waals surface area contributed by atoms with Gasteiger partial charge in [-0.25, -0.2) is 9.97 Å². The van der Waals surface area contributed by atoms with E-state index >= 15 is 0 Å². The Morgan fingerprint density at radius 2 is 1.81 bits per heavy atom. The van der Waals surface area contributed by atoms with Gasteiger partial charge in [0.25, 0.3) is 5.22 Å². The molecule has 0 aliphatic heterocycles. The van der Waals surface area contributed by atoms with E-state index < -0.39 is 0 Å². The average molecular weight is 466 g/mol. The average Bonchev–Trinajstić information content (AvgIpc) is 3.07. The van der Waals surface area contributed by atoms with Crippen LogP contribution in [0.3, 0.4) is 0 Å². The molecule has 0 saturated heterocycles. The number of thioether (sulfide) groups is 2. The van der Waals surface area contributed by atoms with Crippen LogP contribution in [0.5, 0.6) is 0 Å². The summed E-state index contributed by atoms with van der Waals surface area (Å²) in [6.45, 7) is 3.86. The van der Waals surface area contributed by atoms with E-state index in [2.05, 4.69) is 41.4 Å². The Morgan fingerprint density at radius 3 is 2.52 bits per heavy atom. The summed E-state index contributed by atoms with van der Waals surface area (Å²) in [4.78, 5) is 20.7. The minimum Gasteiger partial charge on any atom is -0.415 e. The normalized spacial score (nSPS) is 10.8. The summed E-state index contributed by atoms with van der Waals surface area (Å²) in [7, 11) is 0. The molecule has 7 nitrogen and oxygen atoms in total. The van der Waals surface area contributed by atoms with Gasteiger partial charge in [0, 0.05) is 21.5 Å². The molecule has 0 spiro atoms. The lowest BCUT2D eigenvalue weighted by atomic mass is 10.3. The Morgan fingerprint density at radius 1 is 1.11 bits per heavy atom. The predicted octanol–water partition coefficient (Wildman–Crippen LogP) is 4.26. The summed E-state index contributed by atoms with van der Waals surface area (Å²) in [5.41, 5.74) is 2.58. The number of hydrogen-bond donors (Lipinski definition) is 1. The number of hydrogen-bond acceptors (Lipinski definition) is 8. The van der Waals surface area contributed by atoms with Crippen LogP contribution in [-0.2, 0) is 10.5 Å². The fourth-order valence-electron chi connectivity index (χ4n) is 2.10. The van der Waals surface area contributed by atoms with Crippen molar-refractivity contribution in [3.8, 4) is 0 Å². The Balaban J connectivity index is 1.47. The standard InChI is InChI=1S/C17H16BrN5O2S2/c1-10-7-11(2)20-16(19-10)26-9-15-22-23-17(25-15)27-8-14(24)21-13-5-3-12(18)4-6-13/h3-7H,8-9H2,1-2H3,(H,21,24). The first-order valence-corrected chi connectivity index (χ1v) is 10.7. The van der Waals surface area contributed by atoms with Crippen LogP contribution in [0.2, 0.25) is 0 Å². The van der Waals surface area contributed by atoms with Crippen LogP contribution in [0.15, 0.2) is 49.6 Å². The van der Waals surface area contributed by atoms with E-state index in [1.54, 1.807) is 0 Å². The van der Waals surface area contributed by atoms with Crippen molar-refractivity contribution in [2.24, 2.45) is 0 Å². The molecule has 0 fully saturated rings. The van der Waals surface area contributed by atoms with Crippen molar-refractivity contribution in [2.45, 2.75) is 30.0 Å². The molecule has 0 radical (unpaired) electrons. The zero-order valence-corrected chi connectivity index (χ0v) is 17.8. The largest absolute Gasteiger partial charge is 0.415 e. The van der Waals surface area contributed by atoms with Gasteiger partial charge in [0.15, 0.2) is 5.16 Å². The Labute approximate surface area is 173 Å². The van der Waals surface area contributed by atoms with Crippen molar-refractivity contribution >= 4 is 51.0 Å². The lowest BCUT2D eigenvalue weighted by molar-refractivity contribution is -0.113. The number of anilines is 1. The fraction of sp³-hybridized carbons (Fsp3) is 0.235. The van der Waals surface area contributed by atoms with Gasteiger partial charge in [-0.15, -0.1) is 10.2 Å². The quantitative estimate of drug-likeness (QED) is 0.408. The zero-order valence-electron chi connectivity index (χ0n) is 14.6. The summed E-state index contributed by atoms with van der Waals surface area (Å²) >= 11 is 5.98. The number of nitrogens with one attached hydrogen (secondary N) is 1. The van der Waals surface area contributed by atoms with Gasteiger partial charge >= 0.3 is 0 Å². The van der Waals surface area contributed by atoms with E-state index in [4.69, 9.17) is 4.42 Å². The molecule has 1 N–H and O–H groups in total. The van der Waals surface area contributed by atoms with Crippen molar-refractivity contribution in [3.63, 3.8) is 0 Å². The topological polar surface area (TPSA) is 93.8 Å². The van der Waals surface area contributed by atoms with Crippen molar-refractivity contribution in [1.82, 2.24) is 20.2 Å². The molecule has 0 saturated carbocycles. The monoisotopic (exact) mass is 465 g/mol. The Bertz CT molecular complexity index is 913. The zero-order chi connectivity index (χ0) is 19.2. The molecule has 140 valence electrons. The Kier molecular flexibility index (Phi) is 6.86. The van der Waals surface area contributed by atoms with Gasteiger partial charge in [-0.05, 0) is 44.2 Å². The number of carbonyl (C=O) groups is 1. The minimum atomic E-state index is -0.139. The van der Waals surface area contributed by atoms with Crippen LogP contribution >= 0.6 is 39.5 Å². The van der Waals surface area contributed by atoms with Gasteiger partial charge < -0.3 is 9.73 Å². The molecule has 2 aromatic heterocycles. The maximum absolute atomic E-state index is 12.0. The van der Waals surface area contributed by atoms with Gasteiger partial charge in [0.2, 0.25) is 11.8 Å². The number of aromatic nitrogens is 4. The fourth-order valence-corrected chi connectivity index (χ4v) is 3.73. The molecule has 3 rings (SSSR count). The maximum Gasteiger partial charge on any atom is 0.277 e. The molecule has 3 aromatic rings. The number of nitrogens with zero attached hydrogens (tertiary/aromatic N) is 4. The second kappa shape index (κ2) is 9.34. The molecule has 10 heteroatoms. The smallest absolute Gasteiger partial charge is 0.277 e. The van der Waals surface area contributed by atoms with Crippen LogP contribution in [0.1, 0.15) is 17.3 Å². The highest BCUT2D eigenvalue weighted by atomic mass is 79.9.